The Morgan fingerprint density at radius 3 is 2.35 bits per heavy atom. The van der Waals surface area contributed by atoms with Crippen molar-refractivity contribution in [2.75, 3.05) is 6.26 Å². The van der Waals surface area contributed by atoms with E-state index in [1.165, 1.54) is 6.26 Å². The van der Waals surface area contributed by atoms with Crippen molar-refractivity contribution in [2.24, 2.45) is 23.1 Å². The van der Waals surface area contributed by atoms with Gasteiger partial charge in [0.05, 0.1) is 5.25 Å². The lowest BCUT2D eigenvalue weighted by Crippen LogP contribution is -2.46. The summed E-state index contributed by atoms with van der Waals surface area (Å²) in [4.78, 5) is 0. The van der Waals surface area contributed by atoms with Gasteiger partial charge in [-0.2, -0.15) is 0 Å². The Bertz CT molecular complexity index is 401. The molecule has 4 unspecified atom stereocenters. The highest BCUT2D eigenvalue weighted by molar-refractivity contribution is 7.91. The third-order valence-corrected chi connectivity index (χ3v) is 6.78. The number of hydrogen-bond donors (Lipinski definition) is 2. The summed E-state index contributed by atoms with van der Waals surface area (Å²) in [7, 11) is -2.93. The quantitative estimate of drug-likeness (QED) is 0.604. The smallest absolute Gasteiger partial charge is 0.150 e. The molecule has 1 rings (SSSR count). The van der Waals surface area contributed by atoms with Crippen LogP contribution in [0.25, 0.3) is 0 Å². The van der Waals surface area contributed by atoms with Crippen molar-refractivity contribution in [3.8, 4) is 0 Å². The van der Waals surface area contributed by atoms with Crippen molar-refractivity contribution in [3.63, 3.8) is 0 Å². The molecular formula is C15H32N2O2S. The second-order valence-electron chi connectivity index (χ2n) is 7.65. The van der Waals surface area contributed by atoms with E-state index in [0.29, 0.717) is 11.8 Å². The van der Waals surface area contributed by atoms with Gasteiger partial charge in [0.25, 0.3) is 0 Å². The molecule has 0 aromatic heterocycles. The van der Waals surface area contributed by atoms with Gasteiger partial charge in [0.2, 0.25) is 0 Å². The Labute approximate surface area is 124 Å². The molecule has 1 aliphatic rings. The van der Waals surface area contributed by atoms with Crippen LogP contribution in [-0.4, -0.2) is 26.0 Å². The molecule has 0 heterocycles. The highest BCUT2D eigenvalue weighted by atomic mass is 32.2. The van der Waals surface area contributed by atoms with Crippen molar-refractivity contribution in [2.45, 2.75) is 71.1 Å². The predicted octanol–water partition coefficient (Wildman–Crippen LogP) is 2.49. The fourth-order valence-electron chi connectivity index (χ4n) is 3.07. The number of nitrogens with two attached hydrogens (primary N) is 1. The maximum Gasteiger partial charge on any atom is 0.150 e. The molecule has 20 heavy (non-hydrogen) atoms. The topological polar surface area (TPSA) is 72.2 Å². The first kappa shape index (κ1) is 17.9. The summed E-state index contributed by atoms with van der Waals surface area (Å²) in [5.74, 6) is 6.67. The van der Waals surface area contributed by atoms with Crippen LogP contribution in [0.1, 0.15) is 59.8 Å². The third-order valence-electron chi connectivity index (χ3n) is 5.14. The van der Waals surface area contributed by atoms with Gasteiger partial charge in [-0.3, -0.25) is 11.3 Å². The number of sulfone groups is 1. The first-order chi connectivity index (χ1) is 9.05. The number of hydrogen-bond acceptors (Lipinski definition) is 4. The summed E-state index contributed by atoms with van der Waals surface area (Å²) in [6.45, 7) is 8.98. The van der Waals surface area contributed by atoms with Gasteiger partial charge in [-0.25, -0.2) is 8.42 Å². The minimum absolute atomic E-state index is 0.179. The summed E-state index contributed by atoms with van der Waals surface area (Å²) >= 11 is 0. The van der Waals surface area contributed by atoms with E-state index in [0.717, 1.165) is 32.1 Å². The molecule has 0 amide bonds. The molecule has 0 aromatic carbocycles. The molecular weight excluding hydrogens is 272 g/mol. The summed E-state index contributed by atoms with van der Waals surface area (Å²) in [6, 6.07) is 0.216. The van der Waals surface area contributed by atoms with Gasteiger partial charge in [-0.15, -0.1) is 0 Å². The van der Waals surface area contributed by atoms with Crippen LogP contribution in [0.3, 0.4) is 0 Å². The van der Waals surface area contributed by atoms with E-state index in [-0.39, 0.29) is 16.7 Å². The molecule has 0 aromatic rings. The molecule has 0 bridgehead atoms. The average molecular weight is 305 g/mol. The highest BCUT2D eigenvalue weighted by Crippen LogP contribution is 2.35. The molecule has 1 saturated carbocycles. The van der Waals surface area contributed by atoms with Gasteiger partial charge in [-0.05, 0) is 42.9 Å². The lowest BCUT2D eigenvalue weighted by Gasteiger charge is -2.37. The average Bonchev–Trinajstić information content (AvgIpc) is 2.33. The summed E-state index contributed by atoms with van der Waals surface area (Å²) < 4.78 is 23.5. The second-order valence-corrected chi connectivity index (χ2v) is 9.98. The molecule has 0 saturated heterocycles. The molecule has 3 N–H and O–H groups in total. The minimum Gasteiger partial charge on any atom is -0.271 e. The van der Waals surface area contributed by atoms with E-state index < -0.39 is 9.84 Å². The van der Waals surface area contributed by atoms with Crippen LogP contribution < -0.4 is 11.3 Å². The summed E-state index contributed by atoms with van der Waals surface area (Å²) in [5.41, 5.74) is 3.20. The lowest BCUT2D eigenvalue weighted by molar-refractivity contribution is 0.178. The van der Waals surface area contributed by atoms with Gasteiger partial charge in [0.1, 0.15) is 9.84 Å². The molecule has 0 radical (unpaired) electrons. The van der Waals surface area contributed by atoms with Gasteiger partial charge in [-0.1, -0.05) is 34.1 Å². The molecule has 120 valence electrons. The summed E-state index contributed by atoms with van der Waals surface area (Å²) in [6.07, 6.45) is 6.00. The Morgan fingerprint density at radius 2 is 1.90 bits per heavy atom. The standard InChI is InChI=1S/C15H32N2O2S/c1-11(15(2,3)4)9-14(17-16)12-7-6-8-13(10-12)20(5,18)19/h11-14,17H,6-10,16H2,1-5H3. The molecule has 5 heteroatoms. The minimum atomic E-state index is -2.93. The molecule has 1 aliphatic carbocycles. The van der Waals surface area contributed by atoms with Crippen molar-refractivity contribution in [1.29, 1.82) is 0 Å². The van der Waals surface area contributed by atoms with E-state index in [9.17, 15) is 8.42 Å². The SMILES string of the molecule is CC(CC(NN)C1CCCC(S(C)(=O)=O)C1)C(C)(C)C. The Hall–Kier alpha value is -0.130. The third kappa shape index (κ3) is 5.01. The van der Waals surface area contributed by atoms with E-state index in [1.54, 1.807) is 0 Å². The largest absolute Gasteiger partial charge is 0.271 e. The van der Waals surface area contributed by atoms with Crippen LogP contribution >= 0.6 is 0 Å². The zero-order valence-electron chi connectivity index (χ0n) is 13.6. The van der Waals surface area contributed by atoms with Gasteiger partial charge in [0.15, 0.2) is 0 Å². The molecule has 4 nitrogen and oxygen atoms in total. The number of nitrogens with one attached hydrogen (secondary N) is 1. The van der Waals surface area contributed by atoms with Crippen LogP contribution in [0.15, 0.2) is 0 Å². The van der Waals surface area contributed by atoms with Crippen LogP contribution in [0.4, 0.5) is 0 Å². The van der Waals surface area contributed by atoms with Gasteiger partial charge in [0, 0.05) is 12.3 Å². The first-order valence-corrected chi connectivity index (χ1v) is 9.66. The van der Waals surface area contributed by atoms with Crippen molar-refractivity contribution >= 4 is 9.84 Å². The zero-order chi connectivity index (χ0) is 15.6. The zero-order valence-corrected chi connectivity index (χ0v) is 14.5. The van der Waals surface area contributed by atoms with Crippen molar-refractivity contribution in [3.05, 3.63) is 0 Å². The first-order valence-electron chi connectivity index (χ1n) is 7.70. The predicted molar refractivity (Wildman–Crippen MR) is 84.9 cm³/mol. The van der Waals surface area contributed by atoms with E-state index in [2.05, 4.69) is 33.1 Å². The Kier molecular flexibility index (Phi) is 6.05. The normalized spacial score (nSPS) is 28.1. The monoisotopic (exact) mass is 304 g/mol. The van der Waals surface area contributed by atoms with Crippen LogP contribution in [0.5, 0.6) is 0 Å². The lowest BCUT2D eigenvalue weighted by atomic mass is 9.74. The molecule has 1 fully saturated rings. The van der Waals surface area contributed by atoms with Gasteiger partial charge >= 0.3 is 0 Å². The van der Waals surface area contributed by atoms with Crippen molar-refractivity contribution < 1.29 is 8.42 Å². The Morgan fingerprint density at radius 1 is 1.30 bits per heavy atom. The number of hydrazine groups is 1. The molecule has 4 atom stereocenters. The Balaban J connectivity index is 2.70. The van der Waals surface area contributed by atoms with Gasteiger partial charge < -0.3 is 0 Å². The van der Waals surface area contributed by atoms with E-state index >= 15 is 0 Å². The van der Waals surface area contributed by atoms with E-state index in [1.807, 2.05) is 0 Å². The molecule has 0 aliphatic heterocycles. The van der Waals surface area contributed by atoms with Crippen molar-refractivity contribution in [1.82, 2.24) is 5.43 Å². The molecule has 0 spiro atoms. The highest BCUT2D eigenvalue weighted by Gasteiger charge is 2.34. The fraction of sp³-hybridized carbons (Fsp3) is 1.00. The van der Waals surface area contributed by atoms with Crippen LogP contribution in [0, 0.1) is 17.3 Å². The number of rotatable bonds is 5. The fourth-order valence-corrected chi connectivity index (χ4v) is 4.26. The van der Waals surface area contributed by atoms with Crippen LogP contribution in [-0.2, 0) is 9.84 Å². The maximum absolute atomic E-state index is 11.8. The maximum atomic E-state index is 11.8. The second kappa shape index (κ2) is 6.75. The van der Waals surface area contributed by atoms with E-state index in [4.69, 9.17) is 5.84 Å². The van der Waals surface area contributed by atoms with Crippen LogP contribution in [0.2, 0.25) is 0 Å². The summed E-state index contributed by atoms with van der Waals surface area (Å²) in [5, 5.41) is -0.179.